The molecule has 0 saturated carbocycles. The van der Waals surface area contributed by atoms with Gasteiger partial charge in [-0.3, -0.25) is 15.0 Å². The van der Waals surface area contributed by atoms with Crippen molar-refractivity contribution >= 4 is 75.5 Å². The first-order valence-electron chi connectivity index (χ1n) is 12.8. The minimum absolute atomic E-state index is 0.776. The molecule has 0 radical (unpaired) electrons. The van der Waals surface area contributed by atoms with Crippen LogP contribution in [0.15, 0.2) is 114 Å². The smallest absolute Gasteiger partial charge is 0.161 e. The summed E-state index contributed by atoms with van der Waals surface area (Å²) in [6, 6.07) is 29.4. The molecule has 6 aromatic heterocycles. The number of thiophene rings is 1. The van der Waals surface area contributed by atoms with Crippen molar-refractivity contribution < 1.29 is 4.42 Å². The number of benzene rings is 3. The maximum atomic E-state index is 6.51. The highest BCUT2D eigenvalue weighted by Gasteiger charge is 2.19. The molecule has 9 aromatic rings. The van der Waals surface area contributed by atoms with Gasteiger partial charge in [0.1, 0.15) is 11.1 Å². The summed E-state index contributed by atoms with van der Waals surface area (Å²) in [6.07, 6.45) is 7.62. The van der Waals surface area contributed by atoms with Crippen LogP contribution < -0.4 is 0 Å². The lowest BCUT2D eigenvalue weighted by Crippen LogP contribution is -1.93. The molecule has 0 bridgehead atoms. The number of aromatic nitrogens is 4. The fourth-order valence-corrected chi connectivity index (χ4v) is 7.04. The molecular formula is C33H18N4OS. The van der Waals surface area contributed by atoms with Crippen molar-refractivity contribution in [3.8, 4) is 16.8 Å². The van der Waals surface area contributed by atoms with E-state index in [9.17, 15) is 0 Å². The summed E-state index contributed by atoms with van der Waals surface area (Å²) >= 11 is 1.77. The highest BCUT2D eigenvalue weighted by molar-refractivity contribution is 7.25. The molecule has 5 nitrogen and oxygen atoms in total. The zero-order valence-corrected chi connectivity index (χ0v) is 21.3. The first kappa shape index (κ1) is 20.9. The summed E-state index contributed by atoms with van der Waals surface area (Å²) in [5.74, 6) is 0. The first-order chi connectivity index (χ1) is 19.3. The van der Waals surface area contributed by atoms with E-state index in [1.54, 1.807) is 11.3 Å². The average Bonchev–Trinajstić information content (AvgIpc) is 3.66. The number of para-hydroxylation sites is 1. The van der Waals surface area contributed by atoms with Gasteiger partial charge in [-0.25, -0.2) is 0 Å². The van der Waals surface area contributed by atoms with Crippen LogP contribution >= 0.6 is 11.3 Å². The molecule has 0 amide bonds. The van der Waals surface area contributed by atoms with Gasteiger partial charge in [0.05, 0.1) is 21.3 Å². The quantitative estimate of drug-likeness (QED) is 0.229. The van der Waals surface area contributed by atoms with Crippen molar-refractivity contribution in [1.29, 1.82) is 0 Å². The molecule has 0 atom stereocenters. The van der Waals surface area contributed by atoms with E-state index in [0.717, 1.165) is 65.5 Å². The van der Waals surface area contributed by atoms with Crippen molar-refractivity contribution in [3.05, 3.63) is 110 Å². The number of fused-ring (bicyclic) bond motifs is 9. The zero-order valence-electron chi connectivity index (χ0n) is 20.5. The molecule has 0 saturated heterocycles. The number of hydrogen-bond acceptors (Lipinski definition) is 5. The maximum absolute atomic E-state index is 6.51. The van der Waals surface area contributed by atoms with Crippen LogP contribution in [-0.4, -0.2) is 19.5 Å². The van der Waals surface area contributed by atoms with Crippen LogP contribution in [0.5, 0.6) is 0 Å². The Morgan fingerprint density at radius 1 is 0.641 bits per heavy atom. The lowest BCUT2D eigenvalue weighted by molar-refractivity contribution is 0.669. The molecule has 0 N–H and O–H groups in total. The topological polar surface area (TPSA) is 56.7 Å². The fourth-order valence-electron chi connectivity index (χ4n) is 5.94. The fraction of sp³-hybridized carbons (Fsp3) is 0. The number of pyridine rings is 3. The van der Waals surface area contributed by atoms with E-state index < -0.39 is 0 Å². The van der Waals surface area contributed by atoms with Crippen LogP contribution in [0.4, 0.5) is 0 Å². The van der Waals surface area contributed by atoms with E-state index in [4.69, 9.17) is 9.40 Å². The highest BCUT2D eigenvalue weighted by Crippen LogP contribution is 2.43. The van der Waals surface area contributed by atoms with Crippen LogP contribution in [0.25, 0.3) is 81.0 Å². The van der Waals surface area contributed by atoms with Gasteiger partial charge in [-0.1, -0.05) is 36.4 Å². The lowest BCUT2D eigenvalue weighted by Gasteiger charge is -2.07. The number of furan rings is 1. The summed E-state index contributed by atoms with van der Waals surface area (Å²) in [6.45, 7) is 0. The van der Waals surface area contributed by atoms with Crippen molar-refractivity contribution in [3.63, 3.8) is 0 Å². The largest absolute Gasteiger partial charge is 0.454 e. The molecule has 182 valence electrons. The molecule has 0 spiro atoms. The highest BCUT2D eigenvalue weighted by atomic mass is 32.1. The standard InChI is InChI=1S/C33H18N4OS/c1-3-8-25-21(6-1)31-26(9-5-14-35-31)37(25)19-11-12-27-23(16-19)32-33(38-27)20(13-15-36-32)24-17-34-18-29-30(24)22-7-2-4-10-28(22)39-29/h1-18H. The molecule has 0 aliphatic carbocycles. The van der Waals surface area contributed by atoms with Gasteiger partial charge in [-0.2, -0.15) is 0 Å². The SMILES string of the molecule is c1ccc2c(c1)sc1cncc(-c3ccnc4c3oc3ccc(-n5c6ccccc6c6ncccc65)cc34)c12. The molecule has 0 aliphatic heterocycles. The van der Waals surface area contributed by atoms with Gasteiger partial charge in [-0.05, 0) is 48.5 Å². The maximum Gasteiger partial charge on any atom is 0.161 e. The van der Waals surface area contributed by atoms with Crippen molar-refractivity contribution in [2.24, 2.45) is 0 Å². The van der Waals surface area contributed by atoms with Crippen LogP contribution in [0.1, 0.15) is 0 Å². The molecule has 39 heavy (non-hydrogen) atoms. The van der Waals surface area contributed by atoms with Gasteiger partial charge in [0.25, 0.3) is 0 Å². The van der Waals surface area contributed by atoms with Crippen molar-refractivity contribution in [2.75, 3.05) is 0 Å². The van der Waals surface area contributed by atoms with Gasteiger partial charge < -0.3 is 8.98 Å². The number of rotatable bonds is 2. The molecule has 6 heteroatoms. The molecule has 0 fully saturated rings. The summed E-state index contributed by atoms with van der Waals surface area (Å²) < 4.78 is 11.2. The Bertz CT molecular complexity index is 2360. The summed E-state index contributed by atoms with van der Waals surface area (Å²) in [4.78, 5) is 14.1. The molecular weight excluding hydrogens is 500 g/mol. The minimum Gasteiger partial charge on any atom is -0.454 e. The molecule has 0 unspecified atom stereocenters. The Labute approximate surface area is 225 Å². The third-order valence-corrected chi connectivity index (χ3v) is 8.70. The summed E-state index contributed by atoms with van der Waals surface area (Å²) in [5, 5.41) is 4.55. The van der Waals surface area contributed by atoms with Crippen molar-refractivity contribution in [2.45, 2.75) is 0 Å². The first-order valence-corrected chi connectivity index (χ1v) is 13.6. The van der Waals surface area contributed by atoms with Crippen LogP contribution in [0, 0.1) is 0 Å². The normalized spacial score (nSPS) is 12.1. The van der Waals surface area contributed by atoms with Crippen molar-refractivity contribution in [1.82, 2.24) is 19.5 Å². The second-order valence-electron chi connectivity index (χ2n) is 9.70. The van der Waals surface area contributed by atoms with Gasteiger partial charge in [0.15, 0.2) is 5.58 Å². The van der Waals surface area contributed by atoms with E-state index in [-0.39, 0.29) is 0 Å². The lowest BCUT2D eigenvalue weighted by atomic mass is 10.0. The Hall–Kier alpha value is -5.07. The average molecular weight is 519 g/mol. The second-order valence-corrected chi connectivity index (χ2v) is 10.8. The predicted molar refractivity (Wildman–Crippen MR) is 160 cm³/mol. The van der Waals surface area contributed by atoms with Gasteiger partial charge in [-0.15, -0.1) is 11.3 Å². The zero-order chi connectivity index (χ0) is 25.5. The summed E-state index contributed by atoms with van der Waals surface area (Å²) in [7, 11) is 0. The Morgan fingerprint density at radius 2 is 1.49 bits per heavy atom. The van der Waals surface area contributed by atoms with E-state index in [0.29, 0.717) is 0 Å². The summed E-state index contributed by atoms with van der Waals surface area (Å²) in [5.41, 5.74) is 8.72. The molecule has 6 heterocycles. The van der Waals surface area contributed by atoms with E-state index in [2.05, 4.69) is 81.3 Å². The minimum atomic E-state index is 0.776. The molecule has 9 rings (SSSR count). The van der Waals surface area contributed by atoms with E-state index in [1.165, 1.54) is 15.5 Å². The second kappa shape index (κ2) is 7.72. The monoisotopic (exact) mass is 518 g/mol. The Balaban J connectivity index is 1.32. The predicted octanol–water partition coefficient (Wildman–Crippen LogP) is 8.90. The third kappa shape index (κ3) is 2.86. The number of hydrogen-bond donors (Lipinski definition) is 0. The Kier molecular flexibility index (Phi) is 4.14. The molecule has 0 aliphatic rings. The third-order valence-electron chi connectivity index (χ3n) is 7.60. The number of nitrogens with zero attached hydrogens (tertiary/aromatic N) is 4. The van der Waals surface area contributed by atoms with Crippen LogP contribution in [-0.2, 0) is 0 Å². The van der Waals surface area contributed by atoms with Gasteiger partial charge in [0.2, 0.25) is 0 Å². The molecule has 3 aromatic carbocycles. The van der Waals surface area contributed by atoms with Crippen LogP contribution in [0.3, 0.4) is 0 Å². The van der Waals surface area contributed by atoms with E-state index in [1.807, 2.05) is 43.0 Å². The van der Waals surface area contributed by atoms with Crippen LogP contribution in [0.2, 0.25) is 0 Å². The van der Waals surface area contributed by atoms with Gasteiger partial charge in [0, 0.05) is 67.8 Å². The Morgan fingerprint density at radius 3 is 2.46 bits per heavy atom. The van der Waals surface area contributed by atoms with E-state index >= 15 is 0 Å². The van der Waals surface area contributed by atoms with Gasteiger partial charge >= 0.3 is 0 Å².